The van der Waals surface area contributed by atoms with E-state index >= 15 is 0 Å². The van der Waals surface area contributed by atoms with Gasteiger partial charge in [-0.15, -0.1) is 0 Å². The molecule has 0 saturated carbocycles. The number of rotatable bonds is 23. The van der Waals surface area contributed by atoms with Crippen LogP contribution in [0.1, 0.15) is 32.1 Å². The van der Waals surface area contributed by atoms with Crippen LogP contribution in [0, 0.1) is 0 Å². The molecule has 12 nitrogen and oxygen atoms in total. The molecule has 0 bridgehead atoms. The SMILES string of the molecule is O=C(Cl)CC(=O)C(=O)CCC(=O)C(=O)/C=C/C(=O)C(=O)/C=C\C(=O)C(=O)C(Cl)(Cl)CCC(=O)C(=O)C(Cl)(Cl)C(Cl)(Cl)C(Cl)(Cl)C(Cl)(Cl)C(=O)Cl. The first-order chi connectivity index (χ1) is 22.4. The molecule has 0 spiro atoms. The van der Waals surface area contributed by atoms with Gasteiger partial charge in [-0.05, 0) is 53.9 Å². The summed E-state index contributed by atoms with van der Waals surface area (Å²) in [6.45, 7) is 0. The molecule has 0 aromatic heterocycles. The maximum absolute atomic E-state index is 12.8. The molecule has 0 aliphatic heterocycles. The summed E-state index contributed by atoms with van der Waals surface area (Å²) in [4.78, 5) is 143. The van der Waals surface area contributed by atoms with Crippen LogP contribution in [-0.4, -0.2) is 90.0 Å². The van der Waals surface area contributed by atoms with Crippen LogP contribution < -0.4 is 0 Å². The summed E-state index contributed by atoms with van der Waals surface area (Å²) >= 11 is 68.7. The molecule has 0 rings (SSSR count). The zero-order chi connectivity index (χ0) is 39.8. The average molecular weight is 944 g/mol. The Morgan fingerprint density at radius 1 is 0.420 bits per heavy atom. The number of ketones is 10. The van der Waals surface area contributed by atoms with E-state index < -0.39 is 122 Å². The van der Waals surface area contributed by atoms with Gasteiger partial charge in [-0.1, -0.05) is 116 Å². The van der Waals surface area contributed by atoms with Crippen molar-refractivity contribution in [3.63, 3.8) is 0 Å². The molecule has 24 heteroatoms. The molecule has 0 atom stereocenters. The summed E-state index contributed by atoms with van der Waals surface area (Å²) in [5.74, 6) is -14.7. The normalized spacial score (nSPS) is 12.8. The van der Waals surface area contributed by atoms with Crippen molar-refractivity contribution >= 4 is 208 Å². The number of hydrogen-bond donors (Lipinski definition) is 0. The maximum Gasteiger partial charge on any atom is 0.261 e. The molecule has 0 aliphatic carbocycles. The van der Waals surface area contributed by atoms with Crippen molar-refractivity contribution in [2.45, 2.75) is 53.8 Å². The topological polar surface area (TPSA) is 205 Å². The van der Waals surface area contributed by atoms with Gasteiger partial charge in [-0.25, -0.2) is 0 Å². The summed E-state index contributed by atoms with van der Waals surface area (Å²) in [6.07, 6.45) is -3.34. The highest BCUT2D eigenvalue weighted by molar-refractivity contribution is 6.86. The fraction of sp³-hybridized carbons (Fsp3) is 0.385. The lowest BCUT2D eigenvalue weighted by Gasteiger charge is -2.43. The quantitative estimate of drug-likeness (QED) is 0.0430. The number of Topliss-reactive ketones (excluding diaryl/α,β-unsaturated/α-hetero) is 6. The van der Waals surface area contributed by atoms with Gasteiger partial charge in [-0.2, -0.15) is 0 Å². The lowest BCUT2D eigenvalue weighted by molar-refractivity contribution is -0.139. The second-order valence-electron chi connectivity index (χ2n) is 9.28. The molecule has 0 amide bonds. The van der Waals surface area contributed by atoms with E-state index in [9.17, 15) is 57.5 Å². The number of allylic oxidation sites excluding steroid dienone is 4. The van der Waals surface area contributed by atoms with Gasteiger partial charge >= 0.3 is 0 Å². The minimum atomic E-state index is -3.33. The van der Waals surface area contributed by atoms with E-state index in [4.69, 9.17) is 139 Å². The van der Waals surface area contributed by atoms with E-state index in [1.54, 1.807) is 0 Å². The average Bonchev–Trinajstić information content (AvgIpc) is 3.01. The van der Waals surface area contributed by atoms with Crippen LogP contribution in [-0.2, 0) is 57.5 Å². The Morgan fingerprint density at radius 3 is 1.26 bits per heavy atom. The van der Waals surface area contributed by atoms with Crippen LogP contribution in [0.2, 0.25) is 0 Å². The molecule has 0 aromatic carbocycles. The Labute approximate surface area is 340 Å². The Hall–Kier alpha value is -1.000. The summed E-state index contributed by atoms with van der Waals surface area (Å²) in [5.41, 5.74) is 0. The highest BCUT2D eigenvalue weighted by atomic mass is 35.6. The first-order valence-electron chi connectivity index (χ1n) is 12.4. The second-order valence-corrected chi connectivity index (χ2v) is 16.8. The van der Waals surface area contributed by atoms with Gasteiger partial charge in [0.05, 0.1) is 6.42 Å². The molecular weight excluding hydrogens is 930 g/mol. The summed E-state index contributed by atoms with van der Waals surface area (Å²) in [5, 5.41) is -2.77. The predicted octanol–water partition coefficient (Wildman–Crippen LogP) is 5.14. The molecule has 0 unspecified atom stereocenters. The maximum atomic E-state index is 12.8. The van der Waals surface area contributed by atoms with Crippen molar-refractivity contribution in [1.29, 1.82) is 0 Å². The summed E-state index contributed by atoms with van der Waals surface area (Å²) < 4.78 is -15.6. The third kappa shape index (κ3) is 12.6. The molecule has 0 radical (unpaired) electrons. The van der Waals surface area contributed by atoms with Crippen LogP contribution in [0.4, 0.5) is 0 Å². The molecule has 50 heavy (non-hydrogen) atoms. The van der Waals surface area contributed by atoms with E-state index in [-0.39, 0.29) is 12.2 Å². The zero-order valence-corrected chi connectivity index (χ0v) is 32.9. The second kappa shape index (κ2) is 19.4. The van der Waals surface area contributed by atoms with Crippen molar-refractivity contribution in [3.8, 4) is 0 Å². The Bertz CT molecular complexity index is 1610. The van der Waals surface area contributed by atoms with Crippen LogP contribution in [0.15, 0.2) is 24.3 Å². The fourth-order valence-corrected chi connectivity index (χ4v) is 5.67. The molecule has 0 fully saturated rings. The number of hydrogen-bond acceptors (Lipinski definition) is 12. The van der Waals surface area contributed by atoms with Gasteiger partial charge in [0, 0.05) is 19.3 Å². The van der Waals surface area contributed by atoms with Gasteiger partial charge in [0.15, 0.2) is 18.8 Å². The first-order valence-corrected chi connectivity index (χ1v) is 16.9. The van der Waals surface area contributed by atoms with Gasteiger partial charge in [-0.3, -0.25) is 57.5 Å². The van der Waals surface area contributed by atoms with Gasteiger partial charge in [0.25, 0.3) is 5.24 Å². The zero-order valence-electron chi connectivity index (χ0n) is 23.8. The highest BCUT2D eigenvalue weighted by Crippen LogP contribution is 2.62. The summed E-state index contributed by atoms with van der Waals surface area (Å²) in [7, 11) is 0. The molecule has 0 N–H and O–H groups in total. The lowest BCUT2D eigenvalue weighted by atomic mass is 10.00. The molecule has 0 aromatic rings. The van der Waals surface area contributed by atoms with Gasteiger partial charge in [0.2, 0.25) is 66.0 Å². The predicted molar refractivity (Wildman–Crippen MR) is 185 cm³/mol. The van der Waals surface area contributed by atoms with Crippen molar-refractivity contribution in [3.05, 3.63) is 24.3 Å². The third-order valence-corrected chi connectivity index (χ3v) is 12.3. The van der Waals surface area contributed by atoms with Crippen molar-refractivity contribution < 1.29 is 57.5 Å². The largest absolute Gasteiger partial charge is 0.291 e. The monoisotopic (exact) mass is 938 g/mol. The standard InChI is InChI=1S/C26H14Cl12O12/c27-18(47)9-17(46)14(43)4-3-12(41)10(39)1-2-11(40)13(42)5-6-15(44)19(48)22(29,30)8-7-16(45)20(49)23(31,32)25(35,36)26(37,38)24(33,34)21(28)50/h1-2,5-6H,3-4,7-9H2/b2-1+,6-5-. The molecule has 0 saturated heterocycles. The number of carbonyl (C=O) groups is 12. The van der Waals surface area contributed by atoms with E-state index in [0.717, 1.165) is 0 Å². The van der Waals surface area contributed by atoms with Crippen LogP contribution in [0.3, 0.4) is 0 Å². The molecule has 0 heterocycles. The van der Waals surface area contributed by atoms with E-state index in [1.807, 2.05) is 0 Å². The number of carbonyl (C=O) groups excluding carboxylic acids is 12. The lowest BCUT2D eigenvalue weighted by Crippen LogP contribution is -2.62. The Kier molecular flexibility index (Phi) is 19.0. The minimum Gasteiger partial charge on any atom is -0.291 e. The van der Waals surface area contributed by atoms with Gasteiger partial charge < -0.3 is 0 Å². The van der Waals surface area contributed by atoms with E-state index in [1.165, 1.54) is 0 Å². The van der Waals surface area contributed by atoms with Crippen molar-refractivity contribution in [2.24, 2.45) is 0 Å². The molecular formula is C26H14Cl12O12. The molecule has 274 valence electrons. The third-order valence-electron chi connectivity index (χ3n) is 5.67. The first kappa shape index (κ1) is 49.0. The molecule has 0 aliphatic rings. The van der Waals surface area contributed by atoms with E-state index in [0.29, 0.717) is 12.2 Å². The van der Waals surface area contributed by atoms with Crippen LogP contribution >= 0.6 is 139 Å². The van der Waals surface area contributed by atoms with Gasteiger partial charge in [0.1, 0.15) is 0 Å². The fourth-order valence-electron chi connectivity index (χ4n) is 2.86. The minimum absolute atomic E-state index is 0.241. The van der Waals surface area contributed by atoms with Crippen LogP contribution in [0.25, 0.3) is 0 Å². The van der Waals surface area contributed by atoms with Crippen molar-refractivity contribution in [1.82, 2.24) is 0 Å². The number of alkyl halides is 10. The Balaban J connectivity index is 5.42. The number of halogens is 12. The van der Waals surface area contributed by atoms with Crippen molar-refractivity contribution in [2.75, 3.05) is 0 Å². The summed E-state index contributed by atoms with van der Waals surface area (Å²) in [6, 6.07) is 0. The Morgan fingerprint density at radius 2 is 0.820 bits per heavy atom. The highest BCUT2D eigenvalue weighted by Gasteiger charge is 2.73. The smallest absolute Gasteiger partial charge is 0.261 e. The van der Waals surface area contributed by atoms with Crippen LogP contribution in [0.5, 0.6) is 0 Å². The van der Waals surface area contributed by atoms with E-state index in [2.05, 4.69) is 0 Å².